The van der Waals surface area contributed by atoms with Crippen LogP contribution in [-0.4, -0.2) is 35.0 Å². The minimum atomic E-state index is -0.667. The van der Waals surface area contributed by atoms with Gasteiger partial charge in [0.2, 0.25) is 0 Å². The first-order chi connectivity index (χ1) is 15.8. The van der Waals surface area contributed by atoms with Gasteiger partial charge in [0.25, 0.3) is 0 Å². The van der Waals surface area contributed by atoms with Crippen LogP contribution in [0.4, 0.5) is 0 Å². The molecule has 0 spiro atoms. The first kappa shape index (κ1) is 23.7. The van der Waals surface area contributed by atoms with Crippen molar-refractivity contribution in [2.24, 2.45) is 45.3 Å². The lowest BCUT2D eigenvalue weighted by Crippen LogP contribution is -2.57. The molecule has 6 rings (SSSR count). The van der Waals surface area contributed by atoms with E-state index in [9.17, 15) is 9.90 Å². The van der Waals surface area contributed by atoms with Gasteiger partial charge in [-0.2, -0.15) is 0 Å². The Kier molecular flexibility index (Phi) is 4.86. The van der Waals surface area contributed by atoms with Crippen molar-refractivity contribution in [2.45, 2.75) is 124 Å². The van der Waals surface area contributed by atoms with E-state index >= 15 is 0 Å². The molecule has 2 saturated heterocycles. The van der Waals surface area contributed by atoms with E-state index in [1.165, 1.54) is 25.7 Å². The summed E-state index contributed by atoms with van der Waals surface area (Å²) in [5, 5.41) is 11.0. The Morgan fingerprint density at radius 2 is 1.71 bits per heavy atom. The highest BCUT2D eigenvalue weighted by molar-refractivity contribution is 5.85. The lowest BCUT2D eigenvalue weighted by atomic mass is 9.41. The number of aliphatic hydroxyl groups is 1. The SMILES string of the molecule is CC1(C)O[C@@H]1[C@H]1C[C@@H]([C@H]2CC[C@@]3(C)C4=CC[C@H]5C(C)(C)C(=O)CC[C@@]5(C)[C@@H]4CC[C@@]23C)[C@H](O)O1. The zero-order valence-corrected chi connectivity index (χ0v) is 22.4. The van der Waals surface area contributed by atoms with Crippen LogP contribution in [0.2, 0.25) is 0 Å². The summed E-state index contributed by atoms with van der Waals surface area (Å²) in [7, 11) is 0. The summed E-state index contributed by atoms with van der Waals surface area (Å²) >= 11 is 0. The molecular weight excluding hydrogens is 424 g/mol. The van der Waals surface area contributed by atoms with Crippen molar-refractivity contribution in [3.05, 3.63) is 11.6 Å². The van der Waals surface area contributed by atoms with Crippen LogP contribution < -0.4 is 0 Å². The summed E-state index contributed by atoms with van der Waals surface area (Å²) in [5.41, 5.74) is 1.95. The minimum Gasteiger partial charge on any atom is -0.368 e. The molecular formula is C30H46O4. The molecule has 0 unspecified atom stereocenters. The number of epoxide rings is 1. The second kappa shape index (κ2) is 6.98. The van der Waals surface area contributed by atoms with Gasteiger partial charge in [0.15, 0.2) is 6.29 Å². The van der Waals surface area contributed by atoms with Crippen molar-refractivity contribution in [2.75, 3.05) is 0 Å². The fourth-order valence-electron chi connectivity index (χ4n) is 10.3. The van der Waals surface area contributed by atoms with Crippen LogP contribution in [0.15, 0.2) is 11.6 Å². The largest absolute Gasteiger partial charge is 0.368 e. The Labute approximate surface area is 206 Å². The quantitative estimate of drug-likeness (QED) is 0.393. The molecule has 190 valence electrons. The Hall–Kier alpha value is -0.710. The maximum atomic E-state index is 12.8. The van der Waals surface area contributed by atoms with Crippen LogP contribution in [0.3, 0.4) is 0 Å². The second-order valence-electron chi connectivity index (χ2n) is 14.7. The summed E-state index contributed by atoms with van der Waals surface area (Å²) in [6.07, 6.45) is 10.6. The van der Waals surface area contributed by atoms with Gasteiger partial charge in [-0.3, -0.25) is 4.79 Å². The Morgan fingerprint density at radius 3 is 2.38 bits per heavy atom. The van der Waals surface area contributed by atoms with Gasteiger partial charge >= 0.3 is 0 Å². The van der Waals surface area contributed by atoms with E-state index in [4.69, 9.17) is 9.47 Å². The first-order valence-corrected chi connectivity index (χ1v) is 14.0. The molecule has 4 aliphatic carbocycles. The van der Waals surface area contributed by atoms with Gasteiger partial charge in [0.05, 0.1) is 11.7 Å². The number of ether oxygens (including phenoxy) is 2. The third kappa shape index (κ3) is 2.85. The first-order valence-electron chi connectivity index (χ1n) is 14.0. The number of aliphatic hydroxyl groups excluding tert-OH is 1. The third-order valence-electron chi connectivity index (χ3n) is 12.7. The van der Waals surface area contributed by atoms with E-state index in [0.29, 0.717) is 23.5 Å². The summed E-state index contributed by atoms with van der Waals surface area (Å²) in [5.74, 6) is 2.19. The summed E-state index contributed by atoms with van der Waals surface area (Å²) in [4.78, 5) is 12.8. The van der Waals surface area contributed by atoms with Crippen LogP contribution in [0.5, 0.6) is 0 Å². The van der Waals surface area contributed by atoms with Gasteiger partial charge in [-0.25, -0.2) is 0 Å². The molecule has 2 heterocycles. The molecule has 0 aromatic carbocycles. The van der Waals surface area contributed by atoms with Crippen molar-refractivity contribution in [1.82, 2.24) is 0 Å². The van der Waals surface area contributed by atoms with E-state index in [1.54, 1.807) is 5.57 Å². The van der Waals surface area contributed by atoms with E-state index < -0.39 is 6.29 Å². The predicted molar refractivity (Wildman–Crippen MR) is 132 cm³/mol. The molecule has 2 aliphatic heterocycles. The van der Waals surface area contributed by atoms with Crippen LogP contribution in [0.1, 0.15) is 99.8 Å². The molecule has 1 N–H and O–H groups in total. The van der Waals surface area contributed by atoms with Crippen molar-refractivity contribution < 1.29 is 19.4 Å². The molecule has 10 atom stereocenters. The van der Waals surface area contributed by atoms with Gasteiger partial charge in [-0.1, -0.05) is 46.3 Å². The van der Waals surface area contributed by atoms with Gasteiger partial charge < -0.3 is 14.6 Å². The molecule has 3 saturated carbocycles. The van der Waals surface area contributed by atoms with Gasteiger partial charge in [-0.05, 0) is 92.8 Å². The van der Waals surface area contributed by atoms with Gasteiger partial charge in [0.1, 0.15) is 11.9 Å². The van der Waals surface area contributed by atoms with Crippen LogP contribution in [0, 0.1) is 45.3 Å². The number of rotatable bonds is 2. The molecule has 0 aromatic rings. The van der Waals surface area contributed by atoms with E-state index in [0.717, 1.165) is 25.7 Å². The number of carbonyl (C=O) groups excluding carboxylic acids is 1. The Bertz CT molecular complexity index is 934. The summed E-state index contributed by atoms with van der Waals surface area (Å²) in [6.45, 7) is 16.2. The summed E-state index contributed by atoms with van der Waals surface area (Å²) in [6, 6.07) is 0. The standard InChI is InChI=1S/C30H46O4/c1-26(2)22-9-8-20-19(28(22,5)13-12-23(26)31)11-15-29(6)18(10-14-30(20,29)7)17-16-21(33-25(17)32)24-27(3,4)34-24/h8,17-19,21-22,24-25,32H,9-16H2,1-7H3/t17-,18+,19+,21+,22-,24+,25+,28-,29-,30-/m0/s1. The molecule has 0 radical (unpaired) electrons. The molecule has 0 bridgehead atoms. The average Bonchev–Trinajstić information content (AvgIpc) is 3.08. The fraction of sp³-hybridized carbons (Fsp3) is 0.900. The normalized spacial score (nSPS) is 55.2. The minimum absolute atomic E-state index is 0.0253. The Morgan fingerprint density at radius 1 is 1.00 bits per heavy atom. The highest BCUT2D eigenvalue weighted by Gasteiger charge is 2.67. The van der Waals surface area contributed by atoms with Gasteiger partial charge in [0, 0.05) is 17.8 Å². The van der Waals surface area contributed by atoms with E-state index in [2.05, 4.69) is 54.5 Å². The topological polar surface area (TPSA) is 59.1 Å². The van der Waals surface area contributed by atoms with Crippen LogP contribution in [-0.2, 0) is 14.3 Å². The highest BCUT2D eigenvalue weighted by Crippen LogP contribution is 2.73. The molecule has 34 heavy (non-hydrogen) atoms. The van der Waals surface area contributed by atoms with E-state index in [-0.39, 0.29) is 45.4 Å². The zero-order valence-electron chi connectivity index (χ0n) is 22.4. The van der Waals surface area contributed by atoms with Crippen LogP contribution >= 0.6 is 0 Å². The number of hydrogen-bond donors (Lipinski definition) is 1. The molecule has 5 fully saturated rings. The number of fused-ring (bicyclic) bond motifs is 5. The molecule has 4 heteroatoms. The number of hydrogen-bond acceptors (Lipinski definition) is 4. The highest BCUT2D eigenvalue weighted by atomic mass is 16.7. The summed E-state index contributed by atoms with van der Waals surface area (Å²) < 4.78 is 12.0. The fourth-order valence-corrected chi connectivity index (χ4v) is 10.3. The maximum absolute atomic E-state index is 12.8. The Balaban J connectivity index is 1.30. The monoisotopic (exact) mass is 470 g/mol. The average molecular weight is 471 g/mol. The van der Waals surface area contributed by atoms with Gasteiger partial charge in [-0.15, -0.1) is 0 Å². The molecule has 0 amide bonds. The lowest BCUT2D eigenvalue weighted by Gasteiger charge is -2.63. The maximum Gasteiger partial charge on any atom is 0.158 e. The number of allylic oxidation sites excluding steroid dienone is 2. The second-order valence-corrected chi connectivity index (χ2v) is 14.7. The van der Waals surface area contributed by atoms with Crippen molar-refractivity contribution >= 4 is 5.78 Å². The third-order valence-corrected chi connectivity index (χ3v) is 12.7. The molecule has 4 nitrogen and oxygen atoms in total. The zero-order chi connectivity index (χ0) is 24.5. The van der Waals surface area contributed by atoms with Crippen molar-refractivity contribution in [3.63, 3.8) is 0 Å². The van der Waals surface area contributed by atoms with Crippen LogP contribution in [0.25, 0.3) is 0 Å². The number of carbonyl (C=O) groups is 1. The predicted octanol–water partition coefficient (Wildman–Crippen LogP) is 6.06. The smallest absolute Gasteiger partial charge is 0.158 e. The van der Waals surface area contributed by atoms with Crippen molar-refractivity contribution in [1.29, 1.82) is 0 Å². The molecule has 6 aliphatic rings. The lowest BCUT2D eigenvalue weighted by molar-refractivity contribution is -0.147. The van der Waals surface area contributed by atoms with Crippen molar-refractivity contribution in [3.8, 4) is 0 Å². The number of Topliss-reactive ketones (excluding diaryl/α,β-unsaturated/α-hetero) is 1. The number of ketones is 1. The molecule has 0 aromatic heterocycles. The van der Waals surface area contributed by atoms with E-state index in [1.807, 2.05) is 0 Å².